The molecular weight excluding hydrogens is 413 g/mol. The highest BCUT2D eigenvalue weighted by Gasteiger charge is 2.20. The summed E-state index contributed by atoms with van der Waals surface area (Å²) in [4.78, 5) is 18.6. The summed E-state index contributed by atoms with van der Waals surface area (Å²) in [5, 5.41) is 1.32. The van der Waals surface area contributed by atoms with E-state index in [-0.39, 0.29) is 32.3 Å². The average Bonchev–Trinajstić information content (AvgIpc) is 2.78. The van der Waals surface area contributed by atoms with Gasteiger partial charge in [-0.3, -0.25) is 14.2 Å². The zero-order valence-corrected chi connectivity index (χ0v) is 19.2. The molecule has 168 valence electrons. The van der Waals surface area contributed by atoms with Gasteiger partial charge < -0.3 is 9.05 Å². The number of amides is 1. The van der Waals surface area contributed by atoms with Gasteiger partial charge >= 0.3 is 7.60 Å². The van der Waals surface area contributed by atoms with E-state index in [0.717, 1.165) is 12.0 Å². The second kappa shape index (κ2) is 13.9. The molecule has 0 fully saturated rings. The monoisotopic (exact) mass is 445 g/mol. The number of hydrogen-bond acceptors (Lipinski definition) is 5. The van der Waals surface area contributed by atoms with Gasteiger partial charge in [0, 0.05) is 12.2 Å². The first-order chi connectivity index (χ1) is 15.1. The summed E-state index contributed by atoms with van der Waals surface area (Å²) in [6, 6.07) is 19.7. The Bertz CT molecular complexity index is 832. The van der Waals surface area contributed by atoms with Crippen LogP contribution in [0.3, 0.4) is 0 Å². The molecule has 0 aromatic heterocycles. The third kappa shape index (κ3) is 9.62. The molecule has 0 aliphatic rings. The van der Waals surface area contributed by atoms with Crippen LogP contribution in [-0.2, 0) is 36.3 Å². The van der Waals surface area contributed by atoms with Crippen LogP contribution < -0.4 is 0 Å². The van der Waals surface area contributed by atoms with Crippen LogP contribution in [-0.4, -0.2) is 30.7 Å². The number of rotatable bonds is 14. The van der Waals surface area contributed by atoms with Crippen LogP contribution in [0.25, 0.3) is 0 Å². The molecule has 2 aromatic carbocycles. The van der Waals surface area contributed by atoms with Crippen LogP contribution in [0.2, 0.25) is 0 Å². The Balaban J connectivity index is 1.97. The molecule has 0 saturated carbocycles. The third-order valence-electron chi connectivity index (χ3n) is 4.38. The van der Waals surface area contributed by atoms with Crippen molar-refractivity contribution in [1.29, 1.82) is 0 Å². The van der Waals surface area contributed by atoms with Gasteiger partial charge in [-0.2, -0.15) is 0 Å². The maximum Gasteiger partial charge on any atom is 0.353 e. The molecule has 0 heterocycles. The van der Waals surface area contributed by atoms with Gasteiger partial charge in [-0.05, 0) is 37.8 Å². The van der Waals surface area contributed by atoms with E-state index in [1.165, 1.54) is 16.4 Å². The predicted molar refractivity (Wildman–Crippen MR) is 122 cm³/mol. The Hall–Kier alpha value is -2.24. The van der Waals surface area contributed by atoms with Crippen LogP contribution >= 0.6 is 7.60 Å². The molecule has 7 heteroatoms. The Morgan fingerprint density at radius 3 is 2.10 bits per heavy atom. The Kier molecular flexibility index (Phi) is 11.3. The van der Waals surface area contributed by atoms with Crippen molar-refractivity contribution in [2.75, 3.05) is 19.8 Å². The molecule has 31 heavy (non-hydrogen) atoms. The molecule has 0 saturated heterocycles. The summed E-state index contributed by atoms with van der Waals surface area (Å²) >= 11 is 0. The van der Waals surface area contributed by atoms with Crippen molar-refractivity contribution in [3.05, 3.63) is 83.7 Å². The smallest absolute Gasteiger partial charge is 0.306 e. The molecule has 0 bridgehead atoms. The fourth-order valence-corrected chi connectivity index (χ4v) is 4.24. The van der Waals surface area contributed by atoms with Gasteiger partial charge in [-0.1, -0.05) is 66.7 Å². The van der Waals surface area contributed by atoms with Crippen molar-refractivity contribution in [2.45, 2.75) is 39.7 Å². The number of aryl methyl sites for hydroxylation is 1. The van der Waals surface area contributed by atoms with Gasteiger partial charge in [0.25, 0.3) is 0 Å². The van der Waals surface area contributed by atoms with E-state index >= 15 is 0 Å². The van der Waals surface area contributed by atoms with Gasteiger partial charge in [0.2, 0.25) is 5.91 Å². The molecule has 1 amide bonds. The summed E-state index contributed by atoms with van der Waals surface area (Å²) in [7, 11) is -3.32. The van der Waals surface area contributed by atoms with Crippen molar-refractivity contribution in [1.82, 2.24) is 5.06 Å². The number of nitrogens with zero attached hydrogens (tertiary/aromatic N) is 1. The number of carbonyl (C=O) groups is 1. The molecule has 0 aliphatic carbocycles. The van der Waals surface area contributed by atoms with E-state index in [1.807, 2.05) is 48.5 Å². The molecule has 0 aliphatic heterocycles. The van der Waals surface area contributed by atoms with Crippen LogP contribution in [0.15, 0.2) is 72.6 Å². The molecule has 0 unspecified atom stereocenters. The second-order valence-electron chi connectivity index (χ2n) is 6.81. The lowest BCUT2D eigenvalue weighted by Crippen LogP contribution is -2.31. The molecule has 0 radical (unpaired) electrons. The third-order valence-corrected chi connectivity index (χ3v) is 6.20. The lowest BCUT2D eigenvalue weighted by atomic mass is 10.1. The molecule has 0 N–H and O–H groups in total. The maximum atomic E-state index is 12.8. The van der Waals surface area contributed by atoms with E-state index in [4.69, 9.17) is 13.9 Å². The number of hydrogen-bond donors (Lipinski definition) is 0. The topological polar surface area (TPSA) is 65.1 Å². The van der Waals surface area contributed by atoms with Crippen molar-refractivity contribution in [2.24, 2.45) is 0 Å². The van der Waals surface area contributed by atoms with Gasteiger partial charge in [-0.15, -0.1) is 0 Å². The van der Waals surface area contributed by atoms with Crippen molar-refractivity contribution >= 4 is 13.5 Å². The summed E-state index contributed by atoms with van der Waals surface area (Å²) < 4.78 is 23.1. The van der Waals surface area contributed by atoms with Crippen LogP contribution in [0.5, 0.6) is 0 Å². The number of hydroxylamine groups is 2. The van der Waals surface area contributed by atoms with Crippen molar-refractivity contribution in [3.8, 4) is 0 Å². The first-order valence-electron chi connectivity index (χ1n) is 10.6. The minimum absolute atomic E-state index is 0.126. The molecule has 2 aromatic rings. The molecule has 0 atom stereocenters. The van der Waals surface area contributed by atoms with Crippen LogP contribution in [0.1, 0.15) is 37.8 Å². The van der Waals surface area contributed by atoms with E-state index in [1.54, 1.807) is 19.9 Å². The summed E-state index contributed by atoms with van der Waals surface area (Å²) in [5.41, 5.74) is 2.16. The average molecular weight is 445 g/mol. The van der Waals surface area contributed by atoms with Crippen LogP contribution in [0.4, 0.5) is 0 Å². The molecule has 6 nitrogen and oxygen atoms in total. The van der Waals surface area contributed by atoms with E-state index in [2.05, 4.69) is 12.1 Å². The van der Waals surface area contributed by atoms with Crippen molar-refractivity contribution < 1.29 is 23.2 Å². The van der Waals surface area contributed by atoms with Gasteiger partial charge in [0.1, 0.15) is 6.61 Å². The minimum Gasteiger partial charge on any atom is -0.306 e. The fourth-order valence-electron chi connectivity index (χ4n) is 2.92. The highest BCUT2D eigenvalue weighted by atomic mass is 31.2. The summed E-state index contributed by atoms with van der Waals surface area (Å²) in [5.74, 6) is 1.27. The predicted octanol–water partition coefficient (Wildman–Crippen LogP) is 5.75. The Morgan fingerprint density at radius 2 is 1.52 bits per heavy atom. The fraction of sp³-hybridized carbons (Fsp3) is 0.375. The van der Waals surface area contributed by atoms with E-state index in [0.29, 0.717) is 12.8 Å². The van der Waals surface area contributed by atoms with Crippen molar-refractivity contribution in [3.63, 3.8) is 0 Å². The second-order valence-corrected chi connectivity index (χ2v) is 8.71. The highest BCUT2D eigenvalue weighted by Crippen LogP contribution is 2.49. The lowest BCUT2D eigenvalue weighted by Gasteiger charge is -2.21. The van der Waals surface area contributed by atoms with Crippen LogP contribution in [0, 0.1) is 0 Å². The molecule has 0 spiro atoms. The van der Waals surface area contributed by atoms with Gasteiger partial charge in [0.15, 0.2) is 0 Å². The first kappa shape index (κ1) is 25.0. The number of carbonyl (C=O) groups excluding carboxylic acids is 1. The standard InChI is InChI=1S/C24H32NO5P/c1-3-29-31(27,30-4-2)20-12-19-25(28-21-23-15-9-6-10-16-23)24(26)18-11-17-22-13-7-5-8-14-22/h5-10,12-16,20H,3-4,11,17-19,21H2,1-2H3/b20-12+. The molecular formula is C24H32NO5P. The molecule has 2 rings (SSSR count). The minimum atomic E-state index is -3.32. The SMILES string of the molecule is CCOP(=O)(/C=C/CN(OCc1ccccc1)C(=O)CCCc1ccccc1)OCC. The lowest BCUT2D eigenvalue weighted by molar-refractivity contribution is -0.188. The van der Waals surface area contributed by atoms with E-state index < -0.39 is 7.60 Å². The zero-order chi connectivity index (χ0) is 22.4. The van der Waals surface area contributed by atoms with Gasteiger partial charge in [0.05, 0.1) is 19.8 Å². The van der Waals surface area contributed by atoms with E-state index in [9.17, 15) is 9.36 Å². The van der Waals surface area contributed by atoms with Gasteiger partial charge in [-0.25, -0.2) is 5.06 Å². The highest BCUT2D eigenvalue weighted by molar-refractivity contribution is 7.57. The zero-order valence-electron chi connectivity index (χ0n) is 18.3. The normalized spacial score (nSPS) is 11.7. The Labute approximate surface area is 185 Å². The summed E-state index contributed by atoms with van der Waals surface area (Å²) in [6.45, 7) is 4.48. The quantitative estimate of drug-likeness (QED) is 0.274. The summed E-state index contributed by atoms with van der Waals surface area (Å²) in [6.07, 6.45) is 3.49. The first-order valence-corrected chi connectivity index (χ1v) is 12.2. The largest absolute Gasteiger partial charge is 0.353 e. The Morgan fingerprint density at radius 1 is 0.935 bits per heavy atom. The number of benzene rings is 2. The maximum absolute atomic E-state index is 12.8.